The minimum Gasteiger partial charge on any atom is -0.242 e. The Labute approximate surface area is 127 Å². The summed E-state index contributed by atoms with van der Waals surface area (Å²) in [6, 6.07) is 1.44. The van der Waals surface area contributed by atoms with E-state index in [9.17, 15) is 8.42 Å². The molecule has 1 aromatic heterocycles. The second-order valence-corrected chi connectivity index (χ2v) is 8.62. The van der Waals surface area contributed by atoms with Gasteiger partial charge in [-0.15, -0.1) is 0 Å². The van der Waals surface area contributed by atoms with E-state index in [-0.39, 0.29) is 21.5 Å². The first-order valence-electron chi connectivity index (χ1n) is 6.03. The van der Waals surface area contributed by atoms with Crippen molar-refractivity contribution >= 4 is 37.6 Å². The van der Waals surface area contributed by atoms with Crippen LogP contribution in [0.15, 0.2) is 21.6 Å². The van der Waals surface area contributed by atoms with Crippen LogP contribution in [-0.2, 0) is 10.0 Å². The van der Waals surface area contributed by atoms with Crippen LogP contribution in [0.4, 0.5) is 0 Å². The van der Waals surface area contributed by atoms with Crippen molar-refractivity contribution in [2.75, 3.05) is 0 Å². The molecule has 1 atom stereocenters. The zero-order chi connectivity index (χ0) is 14.3. The molecule has 0 aromatic carbocycles. The summed E-state index contributed by atoms with van der Waals surface area (Å²) in [6.07, 6.45) is 4.18. The highest BCUT2D eigenvalue weighted by Gasteiger charge is 2.34. The molecule has 1 heterocycles. The Balaban J connectivity index is 2.22. The van der Waals surface area contributed by atoms with E-state index in [0.29, 0.717) is 4.47 Å². The fourth-order valence-corrected chi connectivity index (χ4v) is 4.63. The van der Waals surface area contributed by atoms with E-state index in [0.717, 1.165) is 19.3 Å². The van der Waals surface area contributed by atoms with Gasteiger partial charge in [-0.2, -0.15) is 0 Å². The molecule has 1 aromatic rings. The van der Waals surface area contributed by atoms with Crippen molar-refractivity contribution in [1.82, 2.24) is 9.71 Å². The Morgan fingerprint density at radius 1 is 1.53 bits per heavy atom. The molecule has 4 nitrogen and oxygen atoms in total. The molecule has 1 saturated carbocycles. The first-order valence-corrected chi connectivity index (χ1v) is 8.68. The first kappa shape index (κ1) is 15.2. The largest absolute Gasteiger partial charge is 0.243 e. The van der Waals surface area contributed by atoms with Crippen molar-refractivity contribution in [3.05, 3.63) is 21.9 Å². The van der Waals surface area contributed by atoms with Gasteiger partial charge in [0, 0.05) is 16.7 Å². The minimum atomic E-state index is -3.62. The highest BCUT2D eigenvalue weighted by Crippen LogP contribution is 2.37. The Kier molecular flexibility index (Phi) is 4.26. The van der Waals surface area contributed by atoms with E-state index in [4.69, 9.17) is 11.6 Å². The molecule has 0 aliphatic heterocycles. The molecule has 19 heavy (non-hydrogen) atoms. The van der Waals surface area contributed by atoms with Crippen molar-refractivity contribution in [3.8, 4) is 0 Å². The topological polar surface area (TPSA) is 59.1 Å². The van der Waals surface area contributed by atoms with E-state index in [1.807, 2.05) is 0 Å². The predicted octanol–water partition coefficient (Wildman–Crippen LogP) is 3.35. The molecule has 0 bridgehead atoms. The van der Waals surface area contributed by atoms with E-state index in [1.165, 1.54) is 12.3 Å². The summed E-state index contributed by atoms with van der Waals surface area (Å²) in [7, 11) is -3.62. The zero-order valence-electron chi connectivity index (χ0n) is 10.8. The van der Waals surface area contributed by atoms with Gasteiger partial charge in [0.15, 0.2) is 0 Å². The third kappa shape index (κ3) is 3.68. The monoisotopic (exact) mass is 366 g/mol. The van der Waals surface area contributed by atoms with Gasteiger partial charge in [0.25, 0.3) is 0 Å². The quantitative estimate of drug-likeness (QED) is 0.833. The Bertz CT molecular complexity index is 589. The maximum Gasteiger partial charge on any atom is 0.243 e. The lowest BCUT2D eigenvalue weighted by molar-refractivity contribution is 0.372. The fourth-order valence-electron chi connectivity index (χ4n) is 2.41. The maximum atomic E-state index is 12.3. The van der Waals surface area contributed by atoms with E-state index < -0.39 is 10.0 Å². The first-order chi connectivity index (χ1) is 8.70. The van der Waals surface area contributed by atoms with Gasteiger partial charge in [-0.05, 0) is 46.7 Å². The molecule has 1 N–H and O–H groups in total. The van der Waals surface area contributed by atoms with Crippen LogP contribution in [0, 0.1) is 5.41 Å². The standard InChI is InChI=1S/C12H16BrClN2O2S/c1-12(2)4-3-9(6-12)16-19(17,18)10-5-8(13)7-15-11(10)14/h5,7,9,16H,3-4,6H2,1-2H3. The van der Waals surface area contributed by atoms with Crippen LogP contribution in [0.25, 0.3) is 0 Å². The van der Waals surface area contributed by atoms with E-state index in [1.54, 1.807) is 0 Å². The third-order valence-corrected chi connectivity index (χ3v) is 5.73. The van der Waals surface area contributed by atoms with Gasteiger partial charge in [-0.3, -0.25) is 0 Å². The van der Waals surface area contributed by atoms with Gasteiger partial charge in [0.05, 0.1) is 0 Å². The molecule has 0 spiro atoms. The molecular formula is C12H16BrClN2O2S. The average molecular weight is 368 g/mol. The van der Waals surface area contributed by atoms with Crippen molar-refractivity contribution in [2.45, 2.75) is 44.0 Å². The van der Waals surface area contributed by atoms with Crippen LogP contribution in [0.5, 0.6) is 0 Å². The van der Waals surface area contributed by atoms with Crippen LogP contribution in [0.1, 0.15) is 33.1 Å². The highest BCUT2D eigenvalue weighted by atomic mass is 79.9. The zero-order valence-corrected chi connectivity index (χ0v) is 13.9. The molecule has 1 unspecified atom stereocenters. The third-order valence-electron chi connectivity index (χ3n) is 3.35. The maximum absolute atomic E-state index is 12.3. The number of rotatable bonds is 3. The number of halogens is 2. The Hall–Kier alpha value is -0.170. The highest BCUT2D eigenvalue weighted by molar-refractivity contribution is 9.10. The molecule has 7 heteroatoms. The molecule has 0 saturated heterocycles. The number of nitrogens with zero attached hydrogens (tertiary/aromatic N) is 1. The Morgan fingerprint density at radius 2 is 2.21 bits per heavy atom. The van der Waals surface area contributed by atoms with Gasteiger partial charge in [0.1, 0.15) is 10.0 Å². The van der Waals surface area contributed by atoms with E-state index >= 15 is 0 Å². The summed E-state index contributed by atoms with van der Waals surface area (Å²) >= 11 is 9.08. The van der Waals surface area contributed by atoms with Crippen LogP contribution in [0.2, 0.25) is 5.15 Å². The normalized spacial score (nSPS) is 22.6. The predicted molar refractivity (Wildman–Crippen MR) is 78.7 cm³/mol. The van der Waals surface area contributed by atoms with Crippen LogP contribution in [0.3, 0.4) is 0 Å². The van der Waals surface area contributed by atoms with Gasteiger partial charge < -0.3 is 0 Å². The lowest BCUT2D eigenvalue weighted by Gasteiger charge is -2.18. The summed E-state index contributed by atoms with van der Waals surface area (Å²) in [4.78, 5) is 3.87. The van der Waals surface area contributed by atoms with Gasteiger partial charge in [-0.1, -0.05) is 25.4 Å². The summed E-state index contributed by atoms with van der Waals surface area (Å²) < 4.78 is 27.9. The van der Waals surface area contributed by atoms with E-state index in [2.05, 4.69) is 39.5 Å². The second kappa shape index (κ2) is 5.31. The van der Waals surface area contributed by atoms with Crippen molar-refractivity contribution in [2.24, 2.45) is 5.41 Å². The number of pyridine rings is 1. The number of sulfonamides is 1. The van der Waals surface area contributed by atoms with Crippen LogP contribution >= 0.6 is 27.5 Å². The summed E-state index contributed by atoms with van der Waals surface area (Å²) in [5.41, 5.74) is 0.187. The molecular weight excluding hydrogens is 352 g/mol. The number of hydrogen-bond donors (Lipinski definition) is 1. The number of aromatic nitrogens is 1. The van der Waals surface area contributed by atoms with Gasteiger partial charge in [0.2, 0.25) is 10.0 Å². The van der Waals surface area contributed by atoms with Gasteiger partial charge >= 0.3 is 0 Å². The molecule has 1 aliphatic rings. The second-order valence-electron chi connectivity index (χ2n) is 5.67. The van der Waals surface area contributed by atoms with Crippen molar-refractivity contribution < 1.29 is 8.42 Å². The van der Waals surface area contributed by atoms with Gasteiger partial charge in [-0.25, -0.2) is 18.1 Å². The molecule has 1 fully saturated rings. The number of hydrogen-bond acceptors (Lipinski definition) is 3. The number of nitrogens with one attached hydrogen (secondary N) is 1. The summed E-state index contributed by atoms with van der Waals surface area (Å²) in [6.45, 7) is 4.30. The SMILES string of the molecule is CC1(C)CCC(NS(=O)(=O)c2cc(Br)cnc2Cl)C1. The molecule has 0 radical (unpaired) electrons. The lowest BCUT2D eigenvalue weighted by atomic mass is 9.92. The average Bonchev–Trinajstić information content (AvgIpc) is 2.60. The smallest absolute Gasteiger partial charge is 0.242 e. The van der Waals surface area contributed by atoms with Crippen LogP contribution in [-0.4, -0.2) is 19.4 Å². The lowest BCUT2D eigenvalue weighted by Crippen LogP contribution is -2.33. The van der Waals surface area contributed by atoms with Crippen molar-refractivity contribution in [3.63, 3.8) is 0 Å². The van der Waals surface area contributed by atoms with Crippen molar-refractivity contribution in [1.29, 1.82) is 0 Å². The fraction of sp³-hybridized carbons (Fsp3) is 0.583. The summed E-state index contributed by atoms with van der Waals surface area (Å²) in [5.74, 6) is 0. The Morgan fingerprint density at radius 3 is 2.79 bits per heavy atom. The summed E-state index contributed by atoms with van der Waals surface area (Å²) in [5, 5.41) is -0.00652. The molecule has 1 aliphatic carbocycles. The molecule has 0 amide bonds. The minimum absolute atomic E-state index is 0.00652. The van der Waals surface area contributed by atoms with Crippen LogP contribution < -0.4 is 4.72 Å². The molecule has 106 valence electrons. The molecule has 2 rings (SSSR count).